The highest BCUT2D eigenvalue weighted by Crippen LogP contribution is 2.22. The molecule has 0 aromatic heterocycles. The van der Waals surface area contributed by atoms with Gasteiger partial charge in [0.05, 0.1) is 18.9 Å². The van der Waals surface area contributed by atoms with Crippen LogP contribution in [0.1, 0.15) is 59.8 Å². The maximum atomic E-state index is 12.6. The third kappa shape index (κ3) is 8.39. The van der Waals surface area contributed by atoms with Gasteiger partial charge in [0, 0.05) is 6.20 Å². The fourth-order valence-corrected chi connectivity index (χ4v) is 2.38. The van der Waals surface area contributed by atoms with E-state index in [0.717, 1.165) is 25.7 Å². The zero-order valence-corrected chi connectivity index (χ0v) is 16.7. The fourth-order valence-electron chi connectivity index (χ4n) is 2.38. The van der Waals surface area contributed by atoms with Gasteiger partial charge < -0.3 is 14.6 Å². The minimum Gasteiger partial charge on any atom is -0.497 e. The van der Waals surface area contributed by atoms with Gasteiger partial charge in [-0.05, 0) is 57.9 Å². The van der Waals surface area contributed by atoms with Gasteiger partial charge in [-0.1, -0.05) is 32.3 Å². The molecule has 0 spiro atoms. The lowest BCUT2D eigenvalue weighted by molar-refractivity contribution is 0.0596. The molecule has 0 aliphatic heterocycles. The van der Waals surface area contributed by atoms with E-state index in [1.54, 1.807) is 37.6 Å². The smallest absolute Gasteiger partial charge is 0.418 e. The summed E-state index contributed by atoms with van der Waals surface area (Å²) in [6.07, 6.45) is 7.16. The molecule has 5 heteroatoms. The van der Waals surface area contributed by atoms with E-state index < -0.39 is 17.8 Å². The van der Waals surface area contributed by atoms with E-state index in [2.05, 4.69) is 6.92 Å². The van der Waals surface area contributed by atoms with Crippen molar-refractivity contribution in [1.82, 2.24) is 0 Å². The molecule has 0 bridgehead atoms. The second-order valence-electron chi connectivity index (χ2n) is 7.32. The van der Waals surface area contributed by atoms with Crippen molar-refractivity contribution in [3.05, 3.63) is 36.5 Å². The third-order valence-corrected chi connectivity index (χ3v) is 3.74. The van der Waals surface area contributed by atoms with Crippen LogP contribution in [0.4, 0.5) is 10.5 Å². The van der Waals surface area contributed by atoms with Gasteiger partial charge in [0.2, 0.25) is 0 Å². The molecule has 1 rings (SSSR count). The Balaban J connectivity index is 2.83. The molecule has 1 N–H and O–H groups in total. The van der Waals surface area contributed by atoms with E-state index in [4.69, 9.17) is 9.47 Å². The molecule has 0 heterocycles. The average molecular weight is 363 g/mol. The van der Waals surface area contributed by atoms with Crippen molar-refractivity contribution in [2.24, 2.45) is 0 Å². The third-order valence-electron chi connectivity index (χ3n) is 3.74. The summed E-state index contributed by atoms with van der Waals surface area (Å²) in [6.45, 7) is 7.63. The van der Waals surface area contributed by atoms with Gasteiger partial charge in [0.25, 0.3) is 0 Å². The molecule has 0 radical (unpaired) electrons. The number of hydrogen-bond acceptors (Lipinski definition) is 4. The van der Waals surface area contributed by atoms with Crippen LogP contribution < -0.4 is 9.64 Å². The summed E-state index contributed by atoms with van der Waals surface area (Å²) < 4.78 is 10.7. The summed E-state index contributed by atoms with van der Waals surface area (Å²) in [5, 5.41) is 10.1. The van der Waals surface area contributed by atoms with E-state index in [0.29, 0.717) is 17.9 Å². The topological polar surface area (TPSA) is 59.0 Å². The Morgan fingerprint density at radius 1 is 1.23 bits per heavy atom. The van der Waals surface area contributed by atoms with Gasteiger partial charge in [-0.15, -0.1) is 0 Å². The average Bonchev–Trinajstić information content (AvgIpc) is 2.57. The first kappa shape index (κ1) is 22.0. The Hall–Kier alpha value is -2.01. The highest BCUT2D eigenvalue weighted by Gasteiger charge is 2.22. The Bertz CT molecular complexity index is 560. The fraction of sp³-hybridized carbons (Fsp3) is 0.571. The summed E-state index contributed by atoms with van der Waals surface area (Å²) in [5.41, 5.74) is 0.0896. The molecule has 1 aromatic rings. The van der Waals surface area contributed by atoms with Crippen LogP contribution in [-0.2, 0) is 4.74 Å². The van der Waals surface area contributed by atoms with E-state index in [1.807, 2.05) is 26.8 Å². The lowest BCUT2D eigenvalue weighted by Crippen LogP contribution is -2.33. The van der Waals surface area contributed by atoms with Crippen LogP contribution in [0.5, 0.6) is 5.75 Å². The maximum absolute atomic E-state index is 12.6. The van der Waals surface area contributed by atoms with Crippen LogP contribution in [0, 0.1) is 0 Å². The number of unbranched alkanes of at least 4 members (excludes halogenated alkanes) is 2. The molecule has 0 aliphatic rings. The summed E-state index contributed by atoms with van der Waals surface area (Å²) in [6, 6.07) is 7.18. The first-order valence-corrected chi connectivity index (χ1v) is 9.27. The van der Waals surface area contributed by atoms with Crippen molar-refractivity contribution in [2.75, 3.05) is 12.0 Å². The Kier molecular flexibility index (Phi) is 9.21. The summed E-state index contributed by atoms with van der Waals surface area (Å²) in [7, 11) is 1.60. The van der Waals surface area contributed by atoms with Crippen LogP contribution in [0.15, 0.2) is 36.5 Å². The van der Waals surface area contributed by atoms with Gasteiger partial charge >= 0.3 is 6.09 Å². The van der Waals surface area contributed by atoms with Crippen molar-refractivity contribution in [3.63, 3.8) is 0 Å². The Morgan fingerprint density at radius 2 is 1.88 bits per heavy atom. The van der Waals surface area contributed by atoms with Gasteiger partial charge in [-0.2, -0.15) is 0 Å². The van der Waals surface area contributed by atoms with Crippen LogP contribution >= 0.6 is 0 Å². The largest absolute Gasteiger partial charge is 0.497 e. The second kappa shape index (κ2) is 10.9. The molecule has 146 valence electrons. The predicted molar refractivity (Wildman–Crippen MR) is 106 cm³/mol. The Morgan fingerprint density at radius 3 is 2.42 bits per heavy atom. The number of carbonyl (C=O) groups is 1. The summed E-state index contributed by atoms with van der Waals surface area (Å²) >= 11 is 0. The number of amides is 1. The van der Waals surface area contributed by atoms with Crippen molar-refractivity contribution in [3.8, 4) is 5.75 Å². The van der Waals surface area contributed by atoms with E-state index >= 15 is 0 Å². The van der Waals surface area contributed by atoms with Gasteiger partial charge in [-0.25, -0.2) is 4.79 Å². The minimum absolute atomic E-state index is 0.394. The van der Waals surface area contributed by atoms with Crippen LogP contribution in [-0.4, -0.2) is 30.0 Å². The number of benzene rings is 1. The number of anilines is 1. The monoisotopic (exact) mass is 363 g/mol. The van der Waals surface area contributed by atoms with Crippen LogP contribution in [0.25, 0.3) is 0 Å². The van der Waals surface area contributed by atoms with E-state index in [1.165, 1.54) is 4.90 Å². The second-order valence-corrected chi connectivity index (χ2v) is 7.32. The normalized spacial score (nSPS) is 12.8. The van der Waals surface area contributed by atoms with E-state index in [9.17, 15) is 9.90 Å². The van der Waals surface area contributed by atoms with E-state index in [-0.39, 0.29) is 0 Å². The molecule has 1 amide bonds. The number of hydrogen-bond donors (Lipinski definition) is 1. The minimum atomic E-state index is -0.588. The highest BCUT2D eigenvalue weighted by molar-refractivity contribution is 5.89. The van der Waals surface area contributed by atoms with Crippen LogP contribution in [0.3, 0.4) is 0 Å². The number of aliphatic hydroxyl groups is 1. The number of nitrogens with zero attached hydrogens (tertiary/aromatic N) is 1. The molecular formula is C21H33NO4. The van der Waals surface area contributed by atoms with Crippen molar-refractivity contribution in [1.29, 1.82) is 0 Å². The molecule has 0 saturated carbocycles. The predicted octanol–water partition coefficient (Wildman–Crippen LogP) is 5.28. The molecule has 1 aromatic carbocycles. The maximum Gasteiger partial charge on any atom is 0.418 e. The van der Waals surface area contributed by atoms with Crippen molar-refractivity contribution >= 4 is 11.8 Å². The zero-order valence-electron chi connectivity index (χ0n) is 16.7. The van der Waals surface area contributed by atoms with Crippen molar-refractivity contribution < 1.29 is 19.4 Å². The molecule has 1 atom stereocenters. The summed E-state index contributed by atoms with van der Waals surface area (Å²) in [5.74, 6) is 0.716. The standard InChI is InChI=1S/C21H33NO4/c1-6-7-8-10-18(23)11-9-16-22(20(24)26-21(2,3)4)17-12-14-19(25-5)15-13-17/h9,12-16,18,23H,6-8,10-11H2,1-5H3/b16-9-. The van der Waals surface area contributed by atoms with Gasteiger partial charge in [0.15, 0.2) is 0 Å². The lowest BCUT2D eigenvalue weighted by Gasteiger charge is -2.25. The lowest BCUT2D eigenvalue weighted by atomic mass is 10.1. The molecule has 0 aliphatic carbocycles. The molecular weight excluding hydrogens is 330 g/mol. The molecule has 5 nitrogen and oxygen atoms in total. The number of methoxy groups -OCH3 is 1. The number of aliphatic hydroxyl groups excluding tert-OH is 1. The first-order chi connectivity index (χ1) is 12.3. The SMILES string of the molecule is CCCCCC(O)C/C=C\N(C(=O)OC(C)(C)C)c1ccc(OC)cc1. The highest BCUT2D eigenvalue weighted by atomic mass is 16.6. The number of ether oxygens (including phenoxy) is 2. The van der Waals surface area contributed by atoms with Crippen LogP contribution in [0.2, 0.25) is 0 Å². The quantitative estimate of drug-likeness (QED) is 0.606. The molecule has 1 unspecified atom stereocenters. The number of rotatable bonds is 9. The molecule has 0 saturated heterocycles. The number of carbonyl (C=O) groups excluding carboxylic acids is 1. The zero-order chi connectivity index (χ0) is 19.6. The van der Waals surface area contributed by atoms with Crippen molar-refractivity contribution in [2.45, 2.75) is 71.5 Å². The molecule has 0 fully saturated rings. The van der Waals surface area contributed by atoms with Gasteiger partial charge in [0.1, 0.15) is 11.4 Å². The summed E-state index contributed by atoms with van der Waals surface area (Å²) in [4.78, 5) is 14.0. The molecule has 26 heavy (non-hydrogen) atoms. The Labute approximate surface area is 157 Å². The van der Waals surface area contributed by atoms with Gasteiger partial charge in [-0.3, -0.25) is 4.90 Å². The first-order valence-electron chi connectivity index (χ1n) is 9.27.